The smallest absolute Gasteiger partial charge is 0.214 e. The summed E-state index contributed by atoms with van der Waals surface area (Å²) in [5.74, 6) is 1.39. The lowest BCUT2D eigenvalue weighted by molar-refractivity contribution is 0.398. The van der Waals surface area contributed by atoms with Crippen LogP contribution >= 0.6 is 0 Å². The zero-order chi connectivity index (χ0) is 13.0. The standard InChI is InChI=1S/C14H17N3O/c1-10-6-7-13(18-2)17-14(10)16-12-5-3-4-11(8-12)9-15/h3-8H,9,15H2,1-2H3,(H,16,17). The molecule has 0 amide bonds. The lowest BCUT2D eigenvalue weighted by atomic mass is 10.2. The van der Waals surface area contributed by atoms with Gasteiger partial charge in [0.1, 0.15) is 5.82 Å². The van der Waals surface area contributed by atoms with Crippen molar-refractivity contribution in [2.75, 3.05) is 12.4 Å². The third-order valence-corrected chi connectivity index (χ3v) is 2.71. The van der Waals surface area contributed by atoms with Crippen molar-refractivity contribution in [3.8, 4) is 5.88 Å². The summed E-state index contributed by atoms with van der Waals surface area (Å²) in [6.45, 7) is 2.53. The fraction of sp³-hybridized carbons (Fsp3) is 0.214. The largest absolute Gasteiger partial charge is 0.481 e. The monoisotopic (exact) mass is 243 g/mol. The van der Waals surface area contributed by atoms with Gasteiger partial charge in [-0.2, -0.15) is 4.98 Å². The molecule has 0 fully saturated rings. The van der Waals surface area contributed by atoms with Crippen molar-refractivity contribution in [3.05, 3.63) is 47.5 Å². The maximum Gasteiger partial charge on any atom is 0.214 e. The highest BCUT2D eigenvalue weighted by Gasteiger charge is 2.03. The summed E-state index contributed by atoms with van der Waals surface area (Å²) < 4.78 is 5.12. The van der Waals surface area contributed by atoms with Crippen molar-refractivity contribution in [1.82, 2.24) is 4.98 Å². The number of anilines is 2. The number of benzene rings is 1. The van der Waals surface area contributed by atoms with Gasteiger partial charge in [0.2, 0.25) is 5.88 Å². The molecule has 1 aromatic carbocycles. The lowest BCUT2D eigenvalue weighted by Gasteiger charge is -2.10. The van der Waals surface area contributed by atoms with Gasteiger partial charge in [-0.25, -0.2) is 0 Å². The number of hydrogen-bond acceptors (Lipinski definition) is 4. The molecule has 0 bridgehead atoms. The van der Waals surface area contributed by atoms with Crippen molar-refractivity contribution in [2.45, 2.75) is 13.5 Å². The van der Waals surface area contributed by atoms with Gasteiger partial charge in [0.05, 0.1) is 7.11 Å². The Kier molecular flexibility index (Phi) is 3.79. The van der Waals surface area contributed by atoms with E-state index in [1.807, 2.05) is 43.3 Å². The van der Waals surface area contributed by atoms with Crippen LogP contribution in [0.15, 0.2) is 36.4 Å². The number of pyridine rings is 1. The predicted molar refractivity (Wildman–Crippen MR) is 73.1 cm³/mol. The van der Waals surface area contributed by atoms with E-state index in [-0.39, 0.29) is 0 Å². The highest BCUT2D eigenvalue weighted by molar-refractivity contribution is 5.60. The Morgan fingerprint density at radius 2 is 2.11 bits per heavy atom. The van der Waals surface area contributed by atoms with Gasteiger partial charge >= 0.3 is 0 Å². The van der Waals surface area contributed by atoms with Crippen LogP contribution in [0.4, 0.5) is 11.5 Å². The molecular formula is C14H17N3O. The van der Waals surface area contributed by atoms with Crippen LogP contribution < -0.4 is 15.8 Å². The third-order valence-electron chi connectivity index (χ3n) is 2.71. The van der Waals surface area contributed by atoms with Crippen LogP contribution in [0, 0.1) is 6.92 Å². The summed E-state index contributed by atoms with van der Waals surface area (Å²) in [7, 11) is 1.61. The highest BCUT2D eigenvalue weighted by Crippen LogP contribution is 2.21. The summed E-state index contributed by atoms with van der Waals surface area (Å²) in [5.41, 5.74) is 8.75. The predicted octanol–water partition coefficient (Wildman–Crippen LogP) is 2.60. The van der Waals surface area contributed by atoms with Gasteiger partial charge in [-0.1, -0.05) is 18.2 Å². The van der Waals surface area contributed by atoms with E-state index in [9.17, 15) is 0 Å². The number of hydrogen-bond donors (Lipinski definition) is 2. The van der Waals surface area contributed by atoms with Crippen LogP contribution in [0.25, 0.3) is 0 Å². The molecule has 4 nitrogen and oxygen atoms in total. The SMILES string of the molecule is COc1ccc(C)c(Nc2cccc(CN)c2)n1. The topological polar surface area (TPSA) is 60.2 Å². The zero-order valence-corrected chi connectivity index (χ0v) is 10.6. The Hall–Kier alpha value is -2.07. The van der Waals surface area contributed by atoms with E-state index in [2.05, 4.69) is 10.3 Å². The van der Waals surface area contributed by atoms with Crippen molar-refractivity contribution in [3.63, 3.8) is 0 Å². The number of methoxy groups -OCH3 is 1. The molecule has 4 heteroatoms. The second-order valence-corrected chi connectivity index (χ2v) is 4.05. The molecule has 0 aliphatic rings. The zero-order valence-electron chi connectivity index (χ0n) is 10.6. The molecule has 94 valence electrons. The summed E-state index contributed by atoms with van der Waals surface area (Å²) in [4.78, 5) is 4.38. The summed E-state index contributed by atoms with van der Waals surface area (Å²) in [6, 6.07) is 11.8. The molecule has 2 aromatic rings. The van der Waals surface area contributed by atoms with Gasteiger partial charge in [0, 0.05) is 18.3 Å². The van der Waals surface area contributed by atoms with Crippen molar-refractivity contribution in [1.29, 1.82) is 0 Å². The average molecular weight is 243 g/mol. The first-order valence-corrected chi connectivity index (χ1v) is 5.80. The van der Waals surface area contributed by atoms with Crippen LogP contribution in [-0.2, 0) is 6.54 Å². The number of aryl methyl sites for hydroxylation is 1. The quantitative estimate of drug-likeness (QED) is 0.866. The van der Waals surface area contributed by atoms with Crippen LogP contribution in [0.5, 0.6) is 5.88 Å². The number of aromatic nitrogens is 1. The van der Waals surface area contributed by atoms with Crippen LogP contribution in [0.2, 0.25) is 0 Å². The van der Waals surface area contributed by atoms with E-state index in [0.717, 1.165) is 22.6 Å². The molecule has 0 aliphatic carbocycles. The van der Waals surface area contributed by atoms with E-state index in [1.165, 1.54) is 0 Å². The fourth-order valence-corrected chi connectivity index (χ4v) is 1.66. The Morgan fingerprint density at radius 3 is 2.83 bits per heavy atom. The molecule has 18 heavy (non-hydrogen) atoms. The molecule has 1 heterocycles. The molecule has 1 aromatic heterocycles. The van der Waals surface area contributed by atoms with Gasteiger partial charge in [-0.15, -0.1) is 0 Å². The minimum absolute atomic E-state index is 0.528. The maximum absolute atomic E-state index is 5.62. The number of nitrogens with zero attached hydrogens (tertiary/aromatic N) is 1. The molecular weight excluding hydrogens is 226 g/mol. The van der Waals surface area contributed by atoms with Crippen LogP contribution in [0.1, 0.15) is 11.1 Å². The number of nitrogens with two attached hydrogens (primary N) is 1. The fourth-order valence-electron chi connectivity index (χ4n) is 1.66. The Labute approximate surface area is 107 Å². The summed E-state index contributed by atoms with van der Waals surface area (Å²) in [5, 5.41) is 3.27. The van der Waals surface area contributed by atoms with E-state index in [1.54, 1.807) is 7.11 Å². The minimum Gasteiger partial charge on any atom is -0.481 e. The summed E-state index contributed by atoms with van der Waals surface area (Å²) in [6.07, 6.45) is 0. The molecule has 3 N–H and O–H groups in total. The van der Waals surface area contributed by atoms with Crippen LogP contribution in [0.3, 0.4) is 0 Å². The Balaban J connectivity index is 2.27. The highest BCUT2D eigenvalue weighted by atomic mass is 16.5. The Bertz CT molecular complexity index is 540. The number of rotatable bonds is 4. The van der Waals surface area contributed by atoms with Crippen LogP contribution in [-0.4, -0.2) is 12.1 Å². The lowest BCUT2D eigenvalue weighted by Crippen LogP contribution is -2.00. The maximum atomic E-state index is 5.62. The van der Waals surface area contributed by atoms with Crippen molar-refractivity contribution < 1.29 is 4.74 Å². The van der Waals surface area contributed by atoms with E-state index in [4.69, 9.17) is 10.5 Å². The number of ether oxygens (including phenoxy) is 1. The molecule has 0 unspecified atom stereocenters. The van der Waals surface area contributed by atoms with Gasteiger partial charge in [-0.3, -0.25) is 0 Å². The third kappa shape index (κ3) is 2.78. The normalized spacial score (nSPS) is 10.2. The van der Waals surface area contributed by atoms with E-state index < -0.39 is 0 Å². The molecule has 0 saturated carbocycles. The van der Waals surface area contributed by atoms with Gasteiger partial charge in [0.15, 0.2) is 0 Å². The van der Waals surface area contributed by atoms with Crippen molar-refractivity contribution >= 4 is 11.5 Å². The van der Waals surface area contributed by atoms with Crippen molar-refractivity contribution in [2.24, 2.45) is 5.73 Å². The molecule has 0 saturated heterocycles. The van der Waals surface area contributed by atoms with Gasteiger partial charge in [-0.05, 0) is 30.2 Å². The molecule has 0 atom stereocenters. The first-order valence-electron chi connectivity index (χ1n) is 5.80. The molecule has 0 spiro atoms. The molecule has 0 aliphatic heterocycles. The minimum atomic E-state index is 0.528. The van der Waals surface area contributed by atoms with Gasteiger partial charge in [0.25, 0.3) is 0 Å². The van der Waals surface area contributed by atoms with E-state index in [0.29, 0.717) is 12.4 Å². The molecule has 0 radical (unpaired) electrons. The molecule has 2 rings (SSSR count). The van der Waals surface area contributed by atoms with E-state index >= 15 is 0 Å². The Morgan fingerprint density at radius 1 is 1.28 bits per heavy atom. The second kappa shape index (κ2) is 5.51. The summed E-state index contributed by atoms with van der Waals surface area (Å²) >= 11 is 0. The number of nitrogens with one attached hydrogen (secondary N) is 1. The van der Waals surface area contributed by atoms with Gasteiger partial charge < -0.3 is 15.8 Å². The first-order chi connectivity index (χ1) is 8.72. The average Bonchev–Trinajstić information content (AvgIpc) is 2.41. The first kappa shape index (κ1) is 12.4. The second-order valence-electron chi connectivity index (χ2n) is 4.05.